The van der Waals surface area contributed by atoms with Crippen molar-refractivity contribution >= 4 is 12.1 Å². The third-order valence-corrected chi connectivity index (χ3v) is 8.11. The number of ether oxygens (including phenoxy) is 1. The monoisotopic (exact) mass is 630 g/mol. The van der Waals surface area contributed by atoms with E-state index in [2.05, 4.69) is 67.8 Å². The first kappa shape index (κ1) is 42.7. The van der Waals surface area contributed by atoms with Crippen molar-refractivity contribution in [3.63, 3.8) is 0 Å². The Hall–Kier alpha value is -2.30. The van der Waals surface area contributed by atoms with Gasteiger partial charge in [0.05, 0.1) is 0 Å². The van der Waals surface area contributed by atoms with Crippen LogP contribution in [0.1, 0.15) is 181 Å². The molecular formula is C40H71NO4. The fourth-order valence-corrected chi connectivity index (χ4v) is 5.32. The highest BCUT2D eigenvalue weighted by molar-refractivity contribution is 5.76. The zero-order valence-corrected chi connectivity index (χ0v) is 29.5. The largest absolute Gasteiger partial charge is 0.480 e. The van der Waals surface area contributed by atoms with Crippen LogP contribution in [0, 0.1) is 0 Å². The number of allylic oxidation sites excluding steroid dienone is 8. The number of alkyl carbamates (subject to hydrolysis) is 1. The first-order valence-electron chi connectivity index (χ1n) is 18.9. The van der Waals surface area contributed by atoms with Gasteiger partial charge in [0.1, 0.15) is 12.6 Å². The Bertz CT molecular complexity index is 722. The van der Waals surface area contributed by atoms with Crippen molar-refractivity contribution in [2.75, 3.05) is 6.54 Å². The quantitative estimate of drug-likeness (QED) is 0.0559. The molecule has 0 fully saturated rings. The Labute approximate surface area is 278 Å². The second kappa shape index (κ2) is 36.2. The van der Waals surface area contributed by atoms with Gasteiger partial charge < -0.3 is 15.2 Å². The normalized spacial score (nSPS) is 12.1. The minimum absolute atomic E-state index is 0.129. The summed E-state index contributed by atoms with van der Waals surface area (Å²) in [6.07, 6.45) is 48.5. The van der Waals surface area contributed by atoms with Gasteiger partial charge in [-0.1, -0.05) is 140 Å². The van der Waals surface area contributed by atoms with Crippen LogP contribution in [0.4, 0.5) is 4.79 Å². The maximum Gasteiger partial charge on any atom is 0.407 e. The van der Waals surface area contributed by atoms with E-state index in [-0.39, 0.29) is 6.10 Å². The predicted octanol–water partition coefficient (Wildman–Crippen LogP) is 12.6. The minimum atomic E-state index is -1.06. The molecule has 0 unspecified atom stereocenters. The number of carboxylic acids is 1. The van der Waals surface area contributed by atoms with Gasteiger partial charge in [0.15, 0.2) is 0 Å². The van der Waals surface area contributed by atoms with E-state index in [9.17, 15) is 9.59 Å². The number of carbonyl (C=O) groups excluding carboxylic acids is 1. The number of carbonyl (C=O) groups is 2. The molecule has 0 spiro atoms. The molecule has 2 N–H and O–H groups in total. The van der Waals surface area contributed by atoms with Crippen LogP contribution < -0.4 is 5.32 Å². The molecular weight excluding hydrogens is 558 g/mol. The first-order valence-corrected chi connectivity index (χ1v) is 18.9. The molecule has 0 aliphatic heterocycles. The summed E-state index contributed by atoms with van der Waals surface area (Å²) in [4.78, 5) is 22.9. The Morgan fingerprint density at radius 3 is 1.27 bits per heavy atom. The van der Waals surface area contributed by atoms with Crippen LogP contribution in [0.5, 0.6) is 0 Å². The van der Waals surface area contributed by atoms with Crippen LogP contribution in [0.2, 0.25) is 0 Å². The van der Waals surface area contributed by atoms with Gasteiger partial charge in [-0.15, -0.1) is 0 Å². The molecule has 0 aromatic carbocycles. The average molecular weight is 630 g/mol. The topological polar surface area (TPSA) is 75.6 Å². The lowest BCUT2D eigenvalue weighted by atomic mass is 10.0. The van der Waals surface area contributed by atoms with Crippen molar-refractivity contribution in [3.8, 4) is 0 Å². The third-order valence-electron chi connectivity index (χ3n) is 8.11. The van der Waals surface area contributed by atoms with E-state index in [1.807, 2.05) is 0 Å². The SMILES string of the molecule is CCCCC/C=C\C/C=C\CCCCCCCCC(CCCCCCCC/C=C\C/C=C\CCCCC)OC(=O)NCC(=O)O. The van der Waals surface area contributed by atoms with Crippen molar-refractivity contribution in [2.45, 2.75) is 187 Å². The molecule has 0 saturated carbocycles. The van der Waals surface area contributed by atoms with Gasteiger partial charge in [-0.05, 0) is 89.9 Å². The molecule has 0 aromatic heterocycles. The van der Waals surface area contributed by atoms with E-state index in [4.69, 9.17) is 9.84 Å². The predicted molar refractivity (Wildman–Crippen MR) is 194 cm³/mol. The van der Waals surface area contributed by atoms with Crippen LogP contribution in [0.25, 0.3) is 0 Å². The number of hydrogen-bond acceptors (Lipinski definition) is 3. The Morgan fingerprint density at radius 1 is 0.533 bits per heavy atom. The number of carboxylic acid groups (broad SMARTS) is 1. The molecule has 0 bridgehead atoms. The van der Waals surface area contributed by atoms with Crippen molar-refractivity contribution in [3.05, 3.63) is 48.6 Å². The minimum Gasteiger partial charge on any atom is -0.480 e. The Morgan fingerprint density at radius 2 is 0.889 bits per heavy atom. The molecule has 0 heterocycles. The van der Waals surface area contributed by atoms with Gasteiger partial charge in [0.25, 0.3) is 0 Å². The molecule has 0 atom stereocenters. The van der Waals surface area contributed by atoms with Crippen LogP contribution >= 0.6 is 0 Å². The zero-order chi connectivity index (χ0) is 32.9. The Balaban J connectivity index is 3.97. The van der Waals surface area contributed by atoms with E-state index < -0.39 is 18.6 Å². The van der Waals surface area contributed by atoms with Gasteiger partial charge in [-0.3, -0.25) is 4.79 Å². The molecule has 5 heteroatoms. The van der Waals surface area contributed by atoms with Crippen LogP contribution in [-0.2, 0) is 9.53 Å². The zero-order valence-electron chi connectivity index (χ0n) is 29.5. The average Bonchev–Trinajstić information content (AvgIpc) is 3.03. The molecule has 45 heavy (non-hydrogen) atoms. The van der Waals surface area contributed by atoms with E-state index >= 15 is 0 Å². The molecule has 1 amide bonds. The molecule has 5 nitrogen and oxygen atoms in total. The van der Waals surface area contributed by atoms with E-state index in [0.717, 1.165) is 51.4 Å². The molecule has 0 aliphatic carbocycles. The van der Waals surface area contributed by atoms with Crippen molar-refractivity contribution in [2.24, 2.45) is 0 Å². The van der Waals surface area contributed by atoms with Crippen molar-refractivity contribution in [1.29, 1.82) is 0 Å². The summed E-state index contributed by atoms with van der Waals surface area (Å²) in [5.41, 5.74) is 0. The van der Waals surface area contributed by atoms with Crippen LogP contribution in [-0.4, -0.2) is 29.8 Å². The number of amides is 1. The lowest BCUT2D eigenvalue weighted by molar-refractivity contribution is -0.135. The van der Waals surface area contributed by atoms with Crippen LogP contribution in [0.3, 0.4) is 0 Å². The number of unbranched alkanes of at least 4 members (excludes halogenated alkanes) is 18. The standard InChI is InChI=1S/C40H71NO4/c1-3-5-7-9-11-13-15-17-19-21-23-25-27-29-31-33-35-38(45-40(44)41-37-39(42)43)36-34-32-30-28-26-24-22-20-18-16-14-12-10-8-6-4-2/h11-14,17-20,38H,3-10,15-16,21-37H2,1-2H3,(H,41,44)(H,42,43)/b13-11-,14-12-,19-17-,20-18-. The second-order valence-corrected chi connectivity index (χ2v) is 12.5. The van der Waals surface area contributed by atoms with Gasteiger partial charge in [0, 0.05) is 0 Å². The molecule has 0 rings (SSSR count). The molecule has 0 aliphatic rings. The summed E-state index contributed by atoms with van der Waals surface area (Å²) in [5.74, 6) is -1.06. The first-order chi connectivity index (χ1) is 22.1. The number of aliphatic carboxylic acids is 1. The fourth-order valence-electron chi connectivity index (χ4n) is 5.32. The highest BCUT2D eigenvalue weighted by atomic mass is 16.6. The van der Waals surface area contributed by atoms with Crippen molar-refractivity contribution < 1.29 is 19.4 Å². The fraction of sp³-hybridized carbons (Fsp3) is 0.750. The summed E-state index contributed by atoms with van der Waals surface area (Å²) in [6.45, 7) is 4.09. The highest BCUT2D eigenvalue weighted by Crippen LogP contribution is 2.17. The summed E-state index contributed by atoms with van der Waals surface area (Å²) >= 11 is 0. The lowest BCUT2D eigenvalue weighted by Gasteiger charge is -2.18. The lowest BCUT2D eigenvalue weighted by Crippen LogP contribution is -2.33. The van der Waals surface area contributed by atoms with Gasteiger partial charge >= 0.3 is 12.1 Å². The summed E-state index contributed by atoms with van der Waals surface area (Å²) in [5, 5.41) is 11.2. The van der Waals surface area contributed by atoms with Crippen molar-refractivity contribution in [1.82, 2.24) is 5.32 Å². The molecule has 260 valence electrons. The van der Waals surface area contributed by atoms with E-state index in [1.165, 1.54) is 116 Å². The number of nitrogens with one attached hydrogen (secondary N) is 1. The van der Waals surface area contributed by atoms with Crippen LogP contribution in [0.15, 0.2) is 48.6 Å². The molecule has 0 saturated heterocycles. The summed E-state index contributed by atoms with van der Waals surface area (Å²) < 4.78 is 5.61. The number of hydrogen-bond donors (Lipinski definition) is 2. The maximum absolute atomic E-state index is 12.1. The summed E-state index contributed by atoms with van der Waals surface area (Å²) in [7, 11) is 0. The Kier molecular flexibility index (Phi) is 34.3. The smallest absolute Gasteiger partial charge is 0.407 e. The maximum atomic E-state index is 12.1. The van der Waals surface area contributed by atoms with Gasteiger partial charge in [-0.25, -0.2) is 4.79 Å². The van der Waals surface area contributed by atoms with Gasteiger partial charge in [0.2, 0.25) is 0 Å². The third kappa shape index (κ3) is 36.0. The number of rotatable bonds is 33. The summed E-state index contributed by atoms with van der Waals surface area (Å²) in [6, 6.07) is 0. The molecule has 0 aromatic rings. The highest BCUT2D eigenvalue weighted by Gasteiger charge is 2.14. The van der Waals surface area contributed by atoms with E-state index in [1.54, 1.807) is 0 Å². The molecule has 0 radical (unpaired) electrons. The second-order valence-electron chi connectivity index (χ2n) is 12.5. The van der Waals surface area contributed by atoms with E-state index in [0.29, 0.717) is 0 Å². The van der Waals surface area contributed by atoms with Gasteiger partial charge in [-0.2, -0.15) is 0 Å².